The lowest BCUT2D eigenvalue weighted by molar-refractivity contribution is 0.0768. The molecule has 0 spiro atoms. The summed E-state index contributed by atoms with van der Waals surface area (Å²) in [5.74, 6) is -0.834. The molecule has 18 heavy (non-hydrogen) atoms. The van der Waals surface area contributed by atoms with Gasteiger partial charge in [0.15, 0.2) is 0 Å². The van der Waals surface area contributed by atoms with Crippen LogP contribution in [0.1, 0.15) is 23.7 Å². The summed E-state index contributed by atoms with van der Waals surface area (Å²) in [7, 11) is 1.62. The van der Waals surface area contributed by atoms with E-state index in [-0.39, 0.29) is 11.6 Å². The van der Waals surface area contributed by atoms with Gasteiger partial charge in [0, 0.05) is 18.1 Å². The van der Waals surface area contributed by atoms with Gasteiger partial charge in [0.2, 0.25) is 0 Å². The second-order valence-corrected chi connectivity index (χ2v) is 5.07. The molecule has 1 rings (SSSR count). The third kappa shape index (κ3) is 3.68. The van der Waals surface area contributed by atoms with Crippen LogP contribution in [0.5, 0.6) is 0 Å². The molecule has 3 N–H and O–H groups in total. The van der Waals surface area contributed by atoms with Gasteiger partial charge in [0.25, 0.3) is 5.91 Å². The molecule has 0 aromatic heterocycles. The third-order valence-electron chi connectivity index (χ3n) is 2.55. The number of nitrogens with two attached hydrogens (primary N) is 1. The summed E-state index contributed by atoms with van der Waals surface area (Å²) < 4.78 is 13.5. The molecule has 0 saturated carbocycles. The molecule has 6 heteroatoms. The number of carbonyl (C=O) groups excluding carboxylic acids is 1. The largest absolute Gasteiger partial charge is 0.396 e. The van der Waals surface area contributed by atoms with E-state index in [2.05, 4.69) is 15.9 Å². The van der Waals surface area contributed by atoms with E-state index in [1.165, 1.54) is 17.0 Å². The Labute approximate surface area is 114 Å². The monoisotopic (exact) mass is 318 g/mol. The van der Waals surface area contributed by atoms with Crippen LogP contribution in [-0.4, -0.2) is 35.6 Å². The molecule has 1 unspecified atom stereocenters. The summed E-state index contributed by atoms with van der Waals surface area (Å²) in [4.78, 5) is 13.5. The van der Waals surface area contributed by atoms with Gasteiger partial charge in [-0.3, -0.25) is 4.79 Å². The van der Waals surface area contributed by atoms with Gasteiger partial charge in [-0.2, -0.15) is 0 Å². The van der Waals surface area contributed by atoms with Gasteiger partial charge < -0.3 is 15.7 Å². The predicted octanol–water partition coefficient (Wildman–Crippen LogP) is 2.01. The second-order valence-electron chi connectivity index (χ2n) is 4.22. The number of aliphatic hydroxyl groups is 1. The molecule has 1 aromatic rings. The summed E-state index contributed by atoms with van der Waals surface area (Å²) in [5.41, 5.74) is 5.69. The predicted molar refractivity (Wildman–Crippen MR) is 71.8 cm³/mol. The lowest BCUT2D eigenvalue weighted by Crippen LogP contribution is -2.29. The van der Waals surface area contributed by atoms with Gasteiger partial charge in [-0.25, -0.2) is 4.39 Å². The molecule has 0 heterocycles. The van der Waals surface area contributed by atoms with Crippen LogP contribution in [0, 0.1) is 5.82 Å². The lowest BCUT2D eigenvalue weighted by atomic mass is 10.1. The number of benzene rings is 1. The molecular weight excluding hydrogens is 303 g/mol. The van der Waals surface area contributed by atoms with Crippen LogP contribution >= 0.6 is 15.9 Å². The maximum absolute atomic E-state index is 13.2. The fraction of sp³-hybridized carbons (Fsp3) is 0.417. The second kappa shape index (κ2) is 6.15. The van der Waals surface area contributed by atoms with Crippen LogP contribution in [-0.2, 0) is 0 Å². The molecule has 0 fully saturated rings. The van der Waals surface area contributed by atoms with Crippen molar-refractivity contribution in [1.82, 2.24) is 4.90 Å². The summed E-state index contributed by atoms with van der Waals surface area (Å²) in [6, 6.07) is 2.48. The van der Waals surface area contributed by atoms with Crippen molar-refractivity contribution in [2.45, 2.75) is 19.4 Å². The maximum atomic E-state index is 13.2. The molecule has 0 saturated heterocycles. The highest BCUT2D eigenvalue weighted by atomic mass is 79.9. The zero-order valence-corrected chi connectivity index (χ0v) is 11.9. The summed E-state index contributed by atoms with van der Waals surface area (Å²) >= 11 is 3.14. The number of anilines is 1. The summed E-state index contributed by atoms with van der Waals surface area (Å²) in [6.45, 7) is 2.07. The molecule has 0 aliphatic rings. The Kier molecular flexibility index (Phi) is 5.10. The highest BCUT2D eigenvalue weighted by Gasteiger charge is 2.17. The minimum Gasteiger partial charge on any atom is -0.396 e. The first-order valence-corrected chi connectivity index (χ1v) is 6.30. The molecule has 4 nitrogen and oxygen atoms in total. The van der Waals surface area contributed by atoms with E-state index in [0.29, 0.717) is 23.0 Å². The van der Waals surface area contributed by atoms with Crippen LogP contribution in [0.3, 0.4) is 0 Å². The summed E-state index contributed by atoms with van der Waals surface area (Å²) in [6.07, 6.45) is 0.0123. The zero-order valence-electron chi connectivity index (χ0n) is 10.3. The molecule has 0 bridgehead atoms. The van der Waals surface area contributed by atoms with Gasteiger partial charge in [0.1, 0.15) is 5.82 Å². The van der Waals surface area contributed by atoms with Gasteiger partial charge in [-0.15, -0.1) is 0 Å². The Bertz CT molecular complexity index is 452. The van der Waals surface area contributed by atoms with Crippen molar-refractivity contribution in [3.63, 3.8) is 0 Å². The van der Waals surface area contributed by atoms with Crippen molar-refractivity contribution in [3.8, 4) is 0 Å². The number of nitrogens with zero attached hydrogens (tertiary/aromatic N) is 1. The first kappa shape index (κ1) is 14.9. The number of carbonyl (C=O) groups is 1. The molecule has 1 aromatic carbocycles. The van der Waals surface area contributed by atoms with Crippen molar-refractivity contribution < 1.29 is 14.3 Å². The Morgan fingerprint density at radius 2 is 2.22 bits per heavy atom. The highest BCUT2D eigenvalue weighted by Crippen LogP contribution is 2.23. The average Bonchev–Trinajstić information content (AvgIpc) is 2.29. The number of hydrogen-bond acceptors (Lipinski definition) is 3. The van der Waals surface area contributed by atoms with Crippen LogP contribution in [0.4, 0.5) is 10.1 Å². The quantitative estimate of drug-likeness (QED) is 0.835. The van der Waals surface area contributed by atoms with Crippen LogP contribution in [0.15, 0.2) is 16.6 Å². The van der Waals surface area contributed by atoms with E-state index in [1.54, 1.807) is 14.0 Å². The Hall–Kier alpha value is -1.14. The lowest BCUT2D eigenvalue weighted by Gasteiger charge is -2.19. The van der Waals surface area contributed by atoms with Crippen LogP contribution in [0.25, 0.3) is 0 Å². The number of amides is 1. The Balaban J connectivity index is 2.87. The minimum atomic E-state index is -0.565. The van der Waals surface area contributed by atoms with E-state index < -0.39 is 11.9 Å². The molecule has 0 radical (unpaired) electrons. The molecule has 0 aliphatic carbocycles. The van der Waals surface area contributed by atoms with Gasteiger partial charge in [0.05, 0.1) is 17.4 Å². The number of aliphatic hydroxyl groups excluding tert-OH is 1. The number of halogens is 2. The number of hydrogen-bond donors (Lipinski definition) is 2. The van der Waals surface area contributed by atoms with Gasteiger partial charge in [-0.1, -0.05) is 0 Å². The molecular formula is C12H16BrFN2O2. The molecule has 0 aliphatic heterocycles. The molecule has 1 atom stereocenters. The Morgan fingerprint density at radius 3 is 2.78 bits per heavy atom. The first-order chi connectivity index (χ1) is 8.32. The van der Waals surface area contributed by atoms with E-state index in [9.17, 15) is 14.3 Å². The van der Waals surface area contributed by atoms with Crippen molar-refractivity contribution in [1.29, 1.82) is 0 Å². The third-order valence-corrected chi connectivity index (χ3v) is 3.20. The normalized spacial score (nSPS) is 12.3. The van der Waals surface area contributed by atoms with Crippen molar-refractivity contribution >= 4 is 27.5 Å². The number of rotatable bonds is 4. The first-order valence-electron chi connectivity index (χ1n) is 5.51. The van der Waals surface area contributed by atoms with Gasteiger partial charge in [-0.05, 0) is 41.4 Å². The van der Waals surface area contributed by atoms with E-state index in [4.69, 9.17) is 5.73 Å². The smallest absolute Gasteiger partial charge is 0.254 e. The van der Waals surface area contributed by atoms with E-state index in [0.717, 1.165) is 0 Å². The highest BCUT2D eigenvalue weighted by molar-refractivity contribution is 9.10. The van der Waals surface area contributed by atoms with Crippen molar-refractivity contribution in [2.24, 2.45) is 0 Å². The van der Waals surface area contributed by atoms with Crippen molar-refractivity contribution in [2.75, 3.05) is 19.3 Å². The summed E-state index contributed by atoms with van der Waals surface area (Å²) in [5, 5.41) is 9.17. The van der Waals surface area contributed by atoms with Crippen molar-refractivity contribution in [3.05, 3.63) is 28.0 Å². The SMILES string of the molecule is CC(O)CCN(C)C(=O)c1cc(N)c(F)cc1Br. The zero-order chi connectivity index (χ0) is 13.9. The average molecular weight is 319 g/mol. The molecule has 1 amide bonds. The minimum absolute atomic E-state index is 0.0644. The topological polar surface area (TPSA) is 66.6 Å². The van der Waals surface area contributed by atoms with E-state index >= 15 is 0 Å². The van der Waals surface area contributed by atoms with E-state index in [1.807, 2.05) is 0 Å². The van der Waals surface area contributed by atoms with Crippen LogP contribution < -0.4 is 5.73 Å². The fourth-order valence-electron chi connectivity index (χ4n) is 1.42. The van der Waals surface area contributed by atoms with Crippen LogP contribution in [0.2, 0.25) is 0 Å². The fourth-order valence-corrected chi connectivity index (χ4v) is 1.90. The number of nitrogen functional groups attached to an aromatic ring is 1. The molecule has 100 valence electrons. The maximum Gasteiger partial charge on any atom is 0.254 e. The standard InChI is InChI=1S/C12H16BrFN2O2/c1-7(17)3-4-16(2)12(18)8-5-11(15)10(14)6-9(8)13/h5-7,17H,3-4,15H2,1-2H3. The Morgan fingerprint density at radius 1 is 1.61 bits per heavy atom. The van der Waals surface area contributed by atoms with Gasteiger partial charge >= 0.3 is 0 Å².